The van der Waals surface area contributed by atoms with Gasteiger partial charge in [0.05, 0.1) is 6.61 Å². The van der Waals surface area contributed by atoms with Gasteiger partial charge in [0.25, 0.3) is 0 Å². The highest BCUT2D eigenvalue weighted by molar-refractivity contribution is 5.79. The molecule has 0 saturated heterocycles. The van der Waals surface area contributed by atoms with E-state index in [1.165, 1.54) is 12.1 Å². The van der Waals surface area contributed by atoms with Crippen molar-refractivity contribution in [1.82, 2.24) is 25.4 Å². The van der Waals surface area contributed by atoms with E-state index in [1.54, 1.807) is 13.4 Å². The Hall–Kier alpha value is -2.68. The van der Waals surface area contributed by atoms with Gasteiger partial charge in [-0.05, 0) is 24.1 Å². The van der Waals surface area contributed by atoms with Gasteiger partial charge < -0.3 is 24.7 Å². The molecule has 2 N–H and O–H groups in total. The number of nitrogens with one attached hydrogen (secondary N) is 2. The Labute approximate surface area is 157 Å². The molecule has 0 amide bonds. The molecule has 0 aliphatic carbocycles. The molecule has 2 aromatic rings. The highest BCUT2D eigenvalue weighted by atomic mass is 19.1. The van der Waals surface area contributed by atoms with E-state index in [-0.39, 0.29) is 12.6 Å². The van der Waals surface area contributed by atoms with E-state index in [1.807, 2.05) is 4.57 Å². The van der Waals surface area contributed by atoms with Crippen molar-refractivity contribution in [1.29, 1.82) is 0 Å². The number of benzene rings is 1. The first-order valence-corrected chi connectivity index (χ1v) is 9.04. The predicted octanol–water partition coefficient (Wildman–Crippen LogP) is 1.25. The lowest BCUT2D eigenvalue weighted by atomic mass is 10.1. The van der Waals surface area contributed by atoms with Crippen LogP contribution in [0, 0.1) is 5.82 Å². The molecule has 0 unspecified atom stereocenters. The van der Waals surface area contributed by atoms with E-state index < -0.39 is 0 Å². The Morgan fingerprint density at radius 3 is 3.00 bits per heavy atom. The molecule has 0 spiro atoms. The van der Waals surface area contributed by atoms with Gasteiger partial charge >= 0.3 is 0 Å². The van der Waals surface area contributed by atoms with Crippen molar-refractivity contribution in [2.75, 3.05) is 26.9 Å². The van der Waals surface area contributed by atoms with Crippen LogP contribution in [0.4, 0.5) is 4.39 Å². The number of aliphatic imine (C=N–C) groups is 1. The third-order valence-corrected chi connectivity index (χ3v) is 4.32. The number of rotatable bonds is 7. The molecular formula is C18H25FN6O2. The molecule has 8 nitrogen and oxygen atoms in total. The number of aromatic nitrogens is 3. The van der Waals surface area contributed by atoms with E-state index in [2.05, 4.69) is 32.7 Å². The number of hydrogen-bond donors (Lipinski definition) is 2. The Balaban J connectivity index is 1.48. The van der Waals surface area contributed by atoms with E-state index in [9.17, 15) is 4.39 Å². The SMILES string of the molecule is CCc1nncn1CCNC(=NC)NCCc1cc(F)cc2c1OCOC2. The molecule has 3 rings (SSSR count). The fourth-order valence-electron chi connectivity index (χ4n) is 3.01. The van der Waals surface area contributed by atoms with Crippen LogP contribution in [0.25, 0.3) is 0 Å². The van der Waals surface area contributed by atoms with Gasteiger partial charge in [0.1, 0.15) is 23.7 Å². The zero-order valence-corrected chi connectivity index (χ0v) is 15.7. The number of nitrogens with zero attached hydrogens (tertiary/aromatic N) is 4. The monoisotopic (exact) mass is 376 g/mol. The average Bonchev–Trinajstić information content (AvgIpc) is 3.14. The lowest BCUT2D eigenvalue weighted by molar-refractivity contribution is -0.0172. The number of aryl methyl sites for hydroxylation is 1. The zero-order valence-electron chi connectivity index (χ0n) is 15.7. The van der Waals surface area contributed by atoms with E-state index >= 15 is 0 Å². The van der Waals surface area contributed by atoms with Crippen LogP contribution in [0.2, 0.25) is 0 Å². The molecular weight excluding hydrogens is 351 g/mol. The Morgan fingerprint density at radius 1 is 1.33 bits per heavy atom. The predicted molar refractivity (Wildman–Crippen MR) is 99.2 cm³/mol. The average molecular weight is 376 g/mol. The van der Waals surface area contributed by atoms with Crippen LogP contribution in [0.1, 0.15) is 23.9 Å². The molecule has 0 radical (unpaired) electrons. The minimum atomic E-state index is -0.277. The number of halogens is 1. The summed E-state index contributed by atoms with van der Waals surface area (Å²) >= 11 is 0. The number of guanidine groups is 1. The van der Waals surface area contributed by atoms with Crippen molar-refractivity contribution in [3.63, 3.8) is 0 Å². The third-order valence-electron chi connectivity index (χ3n) is 4.32. The minimum absolute atomic E-state index is 0.200. The highest BCUT2D eigenvalue weighted by Crippen LogP contribution is 2.29. The summed E-state index contributed by atoms with van der Waals surface area (Å²) in [6.45, 7) is 4.68. The second-order valence-electron chi connectivity index (χ2n) is 6.13. The van der Waals surface area contributed by atoms with E-state index in [4.69, 9.17) is 9.47 Å². The molecule has 9 heteroatoms. The molecule has 0 fully saturated rings. The maximum atomic E-state index is 13.8. The molecule has 146 valence electrons. The standard InChI is InChI=1S/C18H25FN6O2/c1-3-16-24-23-11-25(16)7-6-22-18(20-2)21-5-4-13-8-15(19)9-14-10-26-12-27-17(13)14/h8-9,11H,3-7,10,12H2,1-2H3,(H2,20,21,22). The van der Waals surface area contributed by atoms with Crippen LogP contribution >= 0.6 is 0 Å². The minimum Gasteiger partial charge on any atom is -0.467 e. The summed E-state index contributed by atoms with van der Waals surface area (Å²) in [6, 6.07) is 2.97. The van der Waals surface area contributed by atoms with E-state index in [0.717, 1.165) is 35.7 Å². The molecule has 0 saturated carbocycles. The second kappa shape index (κ2) is 9.31. The second-order valence-corrected chi connectivity index (χ2v) is 6.13. The lowest BCUT2D eigenvalue weighted by Gasteiger charge is -2.21. The first-order chi connectivity index (χ1) is 13.2. The van der Waals surface area contributed by atoms with Crippen LogP contribution < -0.4 is 15.4 Å². The summed E-state index contributed by atoms with van der Waals surface area (Å²) in [5.74, 6) is 2.10. The van der Waals surface area contributed by atoms with Gasteiger partial charge in [-0.15, -0.1) is 10.2 Å². The normalized spacial score (nSPS) is 13.8. The van der Waals surface area contributed by atoms with Crippen molar-refractivity contribution in [2.24, 2.45) is 4.99 Å². The van der Waals surface area contributed by atoms with Crippen molar-refractivity contribution in [2.45, 2.75) is 32.9 Å². The molecule has 0 bridgehead atoms. The van der Waals surface area contributed by atoms with Crippen LogP contribution in [0.3, 0.4) is 0 Å². The molecule has 1 aliphatic rings. The molecule has 2 heterocycles. The first kappa shape index (κ1) is 19.1. The van der Waals surface area contributed by atoms with Crippen molar-refractivity contribution in [3.05, 3.63) is 41.2 Å². The first-order valence-electron chi connectivity index (χ1n) is 9.04. The van der Waals surface area contributed by atoms with Gasteiger partial charge in [-0.2, -0.15) is 0 Å². The summed E-state index contributed by atoms with van der Waals surface area (Å²) in [4.78, 5) is 4.21. The fraction of sp³-hybridized carbons (Fsp3) is 0.500. The van der Waals surface area contributed by atoms with Crippen molar-refractivity contribution >= 4 is 5.96 Å². The molecule has 1 aromatic heterocycles. The smallest absolute Gasteiger partial charge is 0.191 e. The summed E-state index contributed by atoms with van der Waals surface area (Å²) in [5.41, 5.74) is 1.58. The maximum absolute atomic E-state index is 13.8. The fourth-order valence-corrected chi connectivity index (χ4v) is 3.01. The van der Waals surface area contributed by atoms with Crippen molar-refractivity contribution in [3.8, 4) is 5.75 Å². The van der Waals surface area contributed by atoms with Gasteiger partial charge in [-0.1, -0.05) is 6.92 Å². The van der Waals surface area contributed by atoms with Gasteiger partial charge in [-0.25, -0.2) is 4.39 Å². The summed E-state index contributed by atoms with van der Waals surface area (Å²) in [5, 5.41) is 14.5. The summed E-state index contributed by atoms with van der Waals surface area (Å²) in [7, 11) is 1.72. The number of hydrogen-bond acceptors (Lipinski definition) is 5. The van der Waals surface area contributed by atoms with Gasteiger partial charge in [0.2, 0.25) is 0 Å². The van der Waals surface area contributed by atoms with E-state index in [0.29, 0.717) is 32.1 Å². The van der Waals surface area contributed by atoms with Crippen LogP contribution in [-0.4, -0.2) is 47.7 Å². The highest BCUT2D eigenvalue weighted by Gasteiger charge is 2.16. The molecule has 0 atom stereocenters. The third kappa shape index (κ3) is 4.94. The Bertz CT molecular complexity index is 792. The van der Waals surface area contributed by atoms with Gasteiger partial charge in [0, 0.05) is 38.7 Å². The molecule has 27 heavy (non-hydrogen) atoms. The summed E-state index contributed by atoms with van der Waals surface area (Å²) < 4.78 is 26.6. The summed E-state index contributed by atoms with van der Waals surface area (Å²) in [6.07, 6.45) is 3.19. The zero-order chi connectivity index (χ0) is 19.1. The lowest BCUT2D eigenvalue weighted by Crippen LogP contribution is -2.39. The number of fused-ring (bicyclic) bond motifs is 1. The van der Waals surface area contributed by atoms with Crippen LogP contribution in [-0.2, 0) is 30.7 Å². The van der Waals surface area contributed by atoms with Gasteiger partial charge in [-0.3, -0.25) is 4.99 Å². The molecule has 1 aliphatic heterocycles. The Morgan fingerprint density at radius 2 is 2.19 bits per heavy atom. The molecule has 1 aromatic carbocycles. The van der Waals surface area contributed by atoms with Gasteiger partial charge in [0.15, 0.2) is 12.8 Å². The maximum Gasteiger partial charge on any atom is 0.191 e. The Kier molecular flexibility index (Phi) is 6.59. The van der Waals surface area contributed by atoms with Crippen LogP contribution in [0.5, 0.6) is 5.75 Å². The topological polar surface area (TPSA) is 85.6 Å². The largest absolute Gasteiger partial charge is 0.467 e. The quantitative estimate of drug-likeness (QED) is 0.559. The van der Waals surface area contributed by atoms with Crippen LogP contribution in [0.15, 0.2) is 23.5 Å². The number of ether oxygens (including phenoxy) is 2. The van der Waals surface area contributed by atoms with Crippen molar-refractivity contribution < 1.29 is 13.9 Å².